The number of benzene rings is 1. The Bertz CT molecular complexity index is 527. The number of carbonyl (C=O) groups excluding carboxylic acids is 1. The Labute approximate surface area is 122 Å². The lowest BCUT2D eigenvalue weighted by Gasteiger charge is -2.30. The number of likely N-dealkylation sites (tertiary alicyclic amines) is 1. The fraction of sp³-hybridized carbons (Fsp3) is 0.429. The van der Waals surface area contributed by atoms with Gasteiger partial charge in [-0.15, -0.1) is 0 Å². The molecule has 1 aromatic rings. The molecule has 108 valence electrons. The third-order valence-corrected chi connectivity index (χ3v) is 3.95. The van der Waals surface area contributed by atoms with Gasteiger partial charge in [0.1, 0.15) is 10.8 Å². The fourth-order valence-electron chi connectivity index (χ4n) is 2.51. The molecule has 0 saturated carbocycles. The summed E-state index contributed by atoms with van der Waals surface area (Å²) in [5.74, 6) is -0.651. The summed E-state index contributed by atoms with van der Waals surface area (Å²) in [5.41, 5.74) is 11.7. The fourth-order valence-corrected chi connectivity index (χ4v) is 2.67. The van der Waals surface area contributed by atoms with E-state index in [0.717, 1.165) is 25.9 Å². The average Bonchev–Trinajstić information content (AvgIpc) is 2.41. The molecule has 1 aromatic carbocycles. The SMILES string of the molecule is NC(=O)C1CCN(Cc2cccc(C(N)=S)c2F)CC1. The zero-order valence-corrected chi connectivity index (χ0v) is 12.0. The second kappa shape index (κ2) is 6.28. The molecular formula is C14H18FN3OS. The number of carbonyl (C=O) groups is 1. The van der Waals surface area contributed by atoms with E-state index in [4.69, 9.17) is 23.7 Å². The number of thiocarbonyl (C=S) groups is 1. The third-order valence-electron chi connectivity index (χ3n) is 3.73. The van der Waals surface area contributed by atoms with Crippen molar-refractivity contribution in [1.82, 2.24) is 4.90 Å². The molecule has 0 unspecified atom stereocenters. The first-order chi connectivity index (χ1) is 9.49. The second-order valence-electron chi connectivity index (χ2n) is 5.10. The lowest BCUT2D eigenvalue weighted by molar-refractivity contribution is -0.123. The molecule has 0 bridgehead atoms. The molecule has 4 N–H and O–H groups in total. The molecule has 20 heavy (non-hydrogen) atoms. The van der Waals surface area contributed by atoms with Crippen molar-refractivity contribution in [2.75, 3.05) is 13.1 Å². The predicted molar refractivity (Wildman–Crippen MR) is 79.5 cm³/mol. The first-order valence-corrected chi connectivity index (χ1v) is 6.98. The first-order valence-electron chi connectivity index (χ1n) is 6.58. The van der Waals surface area contributed by atoms with Crippen LogP contribution in [-0.4, -0.2) is 28.9 Å². The van der Waals surface area contributed by atoms with E-state index in [1.807, 2.05) is 0 Å². The minimum atomic E-state index is -0.350. The van der Waals surface area contributed by atoms with Gasteiger partial charge in [0.2, 0.25) is 5.91 Å². The third kappa shape index (κ3) is 3.32. The van der Waals surface area contributed by atoms with E-state index in [1.165, 1.54) is 0 Å². The van der Waals surface area contributed by atoms with Crippen molar-refractivity contribution in [3.63, 3.8) is 0 Å². The Kier molecular flexibility index (Phi) is 4.67. The minimum absolute atomic E-state index is 0.0564. The van der Waals surface area contributed by atoms with Crippen molar-refractivity contribution in [2.24, 2.45) is 17.4 Å². The lowest BCUT2D eigenvalue weighted by atomic mass is 9.96. The van der Waals surface area contributed by atoms with Gasteiger partial charge in [-0.3, -0.25) is 9.69 Å². The summed E-state index contributed by atoms with van der Waals surface area (Å²) < 4.78 is 14.2. The summed E-state index contributed by atoms with van der Waals surface area (Å²) >= 11 is 4.83. The first kappa shape index (κ1) is 14.9. The van der Waals surface area contributed by atoms with Crippen molar-refractivity contribution >= 4 is 23.1 Å². The number of rotatable bonds is 4. The Morgan fingerprint density at radius 1 is 1.35 bits per heavy atom. The molecule has 2 rings (SSSR count). The van der Waals surface area contributed by atoms with E-state index >= 15 is 0 Å². The molecule has 6 heteroatoms. The minimum Gasteiger partial charge on any atom is -0.389 e. The van der Waals surface area contributed by atoms with Crippen LogP contribution in [0.2, 0.25) is 0 Å². The molecule has 0 aromatic heterocycles. The molecule has 0 spiro atoms. The van der Waals surface area contributed by atoms with E-state index in [0.29, 0.717) is 12.1 Å². The van der Waals surface area contributed by atoms with Crippen molar-refractivity contribution in [3.05, 3.63) is 35.1 Å². The van der Waals surface area contributed by atoms with Crippen LogP contribution in [0.3, 0.4) is 0 Å². The maximum Gasteiger partial charge on any atom is 0.220 e. The zero-order valence-electron chi connectivity index (χ0n) is 11.1. The number of piperidine rings is 1. The standard InChI is InChI=1S/C14H18FN3OS/c15-12-10(2-1-3-11(12)14(17)20)8-18-6-4-9(5-7-18)13(16)19/h1-3,9H,4-8H2,(H2,16,19)(H2,17,20). The Morgan fingerprint density at radius 2 is 2.00 bits per heavy atom. The molecule has 1 aliphatic rings. The Hall–Kier alpha value is -1.53. The van der Waals surface area contributed by atoms with Crippen LogP contribution in [0.15, 0.2) is 18.2 Å². The van der Waals surface area contributed by atoms with Gasteiger partial charge in [-0.05, 0) is 32.0 Å². The number of nitrogens with two attached hydrogens (primary N) is 2. The largest absolute Gasteiger partial charge is 0.389 e. The van der Waals surface area contributed by atoms with Gasteiger partial charge in [0.15, 0.2) is 0 Å². The van der Waals surface area contributed by atoms with E-state index in [-0.39, 0.29) is 28.2 Å². The van der Waals surface area contributed by atoms with Crippen LogP contribution in [0.25, 0.3) is 0 Å². The lowest BCUT2D eigenvalue weighted by Crippen LogP contribution is -2.38. The average molecular weight is 295 g/mol. The summed E-state index contributed by atoms with van der Waals surface area (Å²) in [7, 11) is 0. The number of nitrogens with zero attached hydrogens (tertiary/aromatic N) is 1. The highest BCUT2D eigenvalue weighted by Crippen LogP contribution is 2.21. The molecule has 0 radical (unpaired) electrons. The van der Waals surface area contributed by atoms with E-state index in [1.54, 1.807) is 18.2 Å². The maximum atomic E-state index is 14.2. The molecule has 1 fully saturated rings. The van der Waals surface area contributed by atoms with Gasteiger partial charge in [0.25, 0.3) is 0 Å². The van der Waals surface area contributed by atoms with Gasteiger partial charge in [0.05, 0.1) is 0 Å². The smallest absolute Gasteiger partial charge is 0.220 e. The van der Waals surface area contributed by atoms with Crippen molar-refractivity contribution in [3.8, 4) is 0 Å². The molecule has 1 heterocycles. The van der Waals surface area contributed by atoms with Gasteiger partial charge in [-0.2, -0.15) is 0 Å². The van der Waals surface area contributed by atoms with Crippen molar-refractivity contribution in [1.29, 1.82) is 0 Å². The predicted octanol–water partition coefficient (Wildman–Crippen LogP) is 1.16. The summed E-state index contributed by atoms with van der Waals surface area (Å²) in [6.45, 7) is 1.97. The van der Waals surface area contributed by atoms with E-state index < -0.39 is 0 Å². The molecule has 0 atom stereocenters. The van der Waals surface area contributed by atoms with Gasteiger partial charge in [-0.1, -0.05) is 24.4 Å². The van der Waals surface area contributed by atoms with E-state index in [9.17, 15) is 9.18 Å². The summed E-state index contributed by atoms with van der Waals surface area (Å²) in [5, 5.41) is 0. The van der Waals surface area contributed by atoms with Crippen LogP contribution in [-0.2, 0) is 11.3 Å². The summed E-state index contributed by atoms with van der Waals surface area (Å²) in [6, 6.07) is 5.07. The number of amides is 1. The number of halogens is 1. The molecule has 1 aliphatic heterocycles. The topological polar surface area (TPSA) is 72.4 Å². The van der Waals surface area contributed by atoms with Crippen LogP contribution in [0.4, 0.5) is 4.39 Å². The van der Waals surface area contributed by atoms with Gasteiger partial charge < -0.3 is 11.5 Å². The zero-order chi connectivity index (χ0) is 14.7. The Balaban J connectivity index is 2.03. The van der Waals surface area contributed by atoms with Gasteiger partial charge >= 0.3 is 0 Å². The maximum absolute atomic E-state index is 14.2. The van der Waals surface area contributed by atoms with Crippen LogP contribution < -0.4 is 11.5 Å². The van der Waals surface area contributed by atoms with Crippen LogP contribution in [0.1, 0.15) is 24.0 Å². The summed E-state index contributed by atoms with van der Waals surface area (Å²) in [4.78, 5) is 13.3. The highest BCUT2D eigenvalue weighted by atomic mass is 32.1. The van der Waals surface area contributed by atoms with Crippen LogP contribution in [0.5, 0.6) is 0 Å². The number of primary amides is 1. The Morgan fingerprint density at radius 3 is 2.55 bits per heavy atom. The molecule has 1 amide bonds. The normalized spacial score (nSPS) is 17.1. The molecule has 0 aliphatic carbocycles. The summed E-state index contributed by atoms with van der Waals surface area (Å²) in [6.07, 6.45) is 1.46. The van der Waals surface area contributed by atoms with Gasteiger partial charge in [0, 0.05) is 23.6 Å². The quantitative estimate of drug-likeness (QED) is 0.818. The highest BCUT2D eigenvalue weighted by Gasteiger charge is 2.23. The van der Waals surface area contributed by atoms with Gasteiger partial charge in [-0.25, -0.2) is 4.39 Å². The van der Waals surface area contributed by atoms with Crippen LogP contribution in [0, 0.1) is 11.7 Å². The molecular weight excluding hydrogens is 277 g/mol. The monoisotopic (exact) mass is 295 g/mol. The second-order valence-corrected chi connectivity index (χ2v) is 5.54. The number of hydrogen-bond donors (Lipinski definition) is 2. The van der Waals surface area contributed by atoms with Crippen molar-refractivity contribution < 1.29 is 9.18 Å². The highest BCUT2D eigenvalue weighted by molar-refractivity contribution is 7.80. The molecule has 1 saturated heterocycles. The number of hydrogen-bond acceptors (Lipinski definition) is 3. The van der Waals surface area contributed by atoms with Crippen molar-refractivity contribution in [2.45, 2.75) is 19.4 Å². The molecule has 4 nitrogen and oxygen atoms in total. The van der Waals surface area contributed by atoms with E-state index in [2.05, 4.69) is 4.90 Å². The van der Waals surface area contributed by atoms with Crippen LogP contribution >= 0.6 is 12.2 Å².